The number of thiophene rings is 1. The van der Waals surface area contributed by atoms with E-state index in [1.165, 1.54) is 0 Å². The summed E-state index contributed by atoms with van der Waals surface area (Å²) in [6.45, 7) is 4.52. The van der Waals surface area contributed by atoms with Crippen molar-refractivity contribution in [2.45, 2.75) is 20.5 Å². The van der Waals surface area contributed by atoms with E-state index in [2.05, 4.69) is 11.1 Å². The van der Waals surface area contributed by atoms with Crippen molar-refractivity contribution < 1.29 is 4.74 Å². The Morgan fingerprint density at radius 2 is 1.80 bits per heavy atom. The van der Waals surface area contributed by atoms with E-state index in [9.17, 15) is 5.26 Å². The molecular weight excluding hydrogens is 328 g/mol. The highest BCUT2D eigenvalue weighted by Crippen LogP contribution is 2.33. The minimum atomic E-state index is 0.549. The Labute approximate surface area is 151 Å². The Morgan fingerprint density at radius 1 is 1.08 bits per heavy atom. The second kappa shape index (κ2) is 7.78. The molecule has 0 N–H and O–H groups in total. The van der Waals surface area contributed by atoms with Crippen LogP contribution in [0.25, 0.3) is 0 Å². The number of ether oxygens (including phenoxy) is 1. The summed E-state index contributed by atoms with van der Waals surface area (Å²) in [4.78, 5) is 5.62. The van der Waals surface area contributed by atoms with E-state index in [1.54, 1.807) is 17.6 Å². The topological polar surface area (TPSA) is 45.4 Å². The molecular formula is C21H18N2OS. The van der Waals surface area contributed by atoms with Crippen LogP contribution in [0.15, 0.2) is 59.6 Å². The lowest BCUT2D eigenvalue weighted by Gasteiger charge is -2.06. The molecule has 2 aromatic carbocycles. The third-order valence-corrected chi connectivity index (χ3v) is 5.05. The highest BCUT2D eigenvalue weighted by Gasteiger charge is 2.10. The van der Waals surface area contributed by atoms with Crippen molar-refractivity contribution in [2.75, 3.05) is 0 Å². The van der Waals surface area contributed by atoms with Gasteiger partial charge in [-0.2, -0.15) is 5.26 Å². The van der Waals surface area contributed by atoms with E-state index in [0.717, 1.165) is 32.3 Å². The van der Waals surface area contributed by atoms with Gasteiger partial charge in [-0.1, -0.05) is 30.3 Å². The van der Waals surface area contributed by atoms with Crippen LogP contribution in [0.3, 0.4) is 0 Å². The van der Waals surface area contributed by atoms with Gasteiger partial charge in [0.1, 0.15) is 23.4 Å². The van der Waals surface area contributed by atoms with Crippen molar-refractivity contribution in [1.29, 1.82) is 5.26 Å². The van der Waals surface area contributed by atoms with Crippen LogP contribution >= 0.6 is 11.3 Å². The standard InChI is InChI=1S/C21H18N2OS/c1-15-16(2)25-21(20(15)12-22)23-13-17-8-10-19(11-9-17)24-14-18-6-4-3-5-7-18/h3-11,13H,14H2,1-2H3/b23-13-. The second-order valence-corrected chi connectivity index (χ2v) is 6.88. The molecule has 1 heterocycles. The molecule has 0 aliphatic rings. The van der Waals surface area contributed by atoms with Gasteiger partial charge in [0.2, 0.25) is 0 Å². The van der Waals surface area contributed by atoms with Gasteiger partial charge in [0.15, 0.2) is 0 Å². The Balaban J connectivity index is 1.67. The van der Waals surface area contributed by atoms with Crippen LogP contribution in [-0.2, 0) is 6.61 Å². The fourth-order valence-electron chi connectivity index (χ4n) is 2.36. The number of aliphatic imine (C=N–C) groups is 1. The second-order valence-electron chi connectivity index (χ2n) is 5.68. The summed E-state index contributed by atoms with van der Waals surface area (Å²) in [5.74, 6) is 0.821. The third-order valence-electron chi connectivity index (χ3n) is 3.94. The molecule has 3 nitrogen and oxygen atoms in total. The Kier molecular flexibility index (Phi) is 5.27. The van der Waals surface area contributed by atoms with Crippen LogP contribution in [0, 0.1) is 25.2 Å². The molecule has 3 aromatic rings. The quantitative estimate of drug-likeness (QED) is 0.567. The largest absolute Gasteiger partial charge is 0.489 e. The number of nitriles is 1. The molecule has 25 heavy (non-hydrogen) atoms. The molecule has 0 aliphatic heterocycles. The summed E-state index contributed by atoms with van der Waals surface area (Å²) in [7, 11) is 0. The summed E-state index contributed by atoms with van der Waals surface area (Å²) < 4.78 is 5.78. The summed E-state index contributed by atoms with van der Waals surface area (Å²) in [6, 6.07) is 20.1. The van der Waals surface area contributed by atoms with Crippen molar-refractivity contribution in [2.24, 2.45) is 4.99 Å². The fraction of sp³-hybridized carbons (Fsp3) is 0.143. The van der Waals surface area contributed by atoms with Crippen LogP contribution in [0.5, 0.6) is 5.75 Å². The zero-order valence-electron chi connectivity index (χ0n) is 14.2. The SMILES string of the molecule is Cc1sc(/N=C\c2ccc(OCc3ccccc3)cc2)c(C#N)c1C. The minimum absolute atomic E-state index is 0.549. The zero-order valence-corrected chi connectivity index (χ0v) is 15.0. The van der Waals surface area contributed by atoms with E-state index in [4.69, 9.17) is 4.74 Å². The molecule has 0 radical (unpaired) electrons. The molecule has 4 heteroatoms. The maximum Gasteiger partial charge on any atom is 0.134 e. The van der Waals surface area contributed by atoms with Crippen molar-refractivity contribution in [3.05, 3.63) is 81.7 Å². The Hall–Kier alpha value is -2.90. The molecule has 1 aromatic heterocycles. The molecule has 0 atom stereocenters. The molecule has 0 saturated heterocycles. The van der Waals surface area contributed by atoms with Gasteiger partial charge in [0.05, 0.1) is 5.56 Å². The van der Waals surface area contributed by atoms with E-state index < -0.39 is 0 Å². The van der Waals surface area contributed by atoms with Gasteiger partial charge < -0.3 is 4.74 Å². The molecule has 3 rings (SSSR count). The lowest BCUT2D eigenvalue weighted by molar-refractivity contribution is 0.306. The summed E-state index contributed by atoms with van der Waals surface area (Å²) in [5, 5.41) is 10.0. The zero-order chi connectivity index (χ0) is 17.6. The first kappa shape index (κ1) is 16.9. The average molecular weight is 346 g/mol. The van der Waals surface area contributed by atoms with Crippen molar-refractivity contribution in [3.8, 4) is 11.8 Å². The first-order chi connectivity index (χ1) is 12.2. The number of hydrogen-bond acceptors (Lipinski definition) is 4. The van der Waals surface area contributed by atoms with Gasteiger partial charge in [-0.15, -0.1) is 11.3 Å². The molecule has 0 fully saturated rings. The molecule has 0 bridgehead atoms. The lowest BCUT2D eigenvalue weighted by Crippen LogP contribution is -1.94. The van der Waals surface area contributed by atoms with Gasteiger partial charge in [0, 0.05) is 11.1 Å². The van der Waals surface area contributed by atoms with Crippen LogP contribution in [0.1, 0.15) is 27.1 Å². The third kappa shape index (κ3) is 4.14. The van der Waals surface area contributed by atoms with Crippen molar-refractivity contribution in [3.63, 3.8) is 0 Å². The molecule has 0 unspecified atom stereocenters. The first-order valence-corrected chi connectivity index (χ1v) is 8.80. The molecule has 124 valence electrons. The van der Waals surface area contributed by atoms with Crippen LogP contribution in [0.4, 0.5) is 5.00 Å². The molecule has 0 spiro atoms. The predicted octanol–water partition coefficient (Wildman–Crippen LogP) is 5.57. The van der Waals surface area contributed by atoms with E-state index in [-0.39, 0.29) is 0 Å². The van der Waals surface area contributed by atoms with Crippen molar-refractivity contribution in [1.82, 2.24) is 0 Å². The van der Waals surface area contributed by atoms with Crippen LogP contribution in [0.2, 0.25) is 0 Å². The number of hydrogen-bond donors (Lipinski definition) is 0. The van der Waals surface area contributed by atoms with Gasteiger partial charge in [0.25, 0.3) is 0 Å². The van der Waals surface area contributed by atoms with Crippen LogP contribution < -0.4 is 4.74 Å². The summed E-state index contributed by atoms with van der Waals surface area (Å²) >= 11 is 1.55. The number of aryl methyl sites for hydroxylation is 1. The molecule has 0 saturated carbocycles. The Bertz CT molecular complexity index is 919. The van der Waals surface area contributed by atoms with Gasteiger partial charge in [-0.3, -0.25) is 0 Å². The summed E-state index contributed by atoms with van der Waals surface area (Å²) in [6.07, 6.45) is 1.78. The number of nitrogens with zero attached hydrogens (tertiary/aromatic N) is 2. The van der Waals surface area contributed by atoms with E-state index in [1.807, 2.05) is 68.4 Å². The minimum Gasteiger partial charge on any atom is -0.489 e. The van der Waals surface area contributed by atoms with Crippen molar-refractivity contribution >= 4 is 22.6 Å². The molecule has 0 amide bonds. The first-order valence-electron chi connectivity index (χ1n) is 7.98. The van der Waals surface area contributed by atoms with Crippen LogP contribution in [-0.4, -0.2) is 6.21 Å². The monoisotopic (exact) mass is 346 g/mol. The normalized spacial score (nSPS) is 10.8. The van der Waals surface area contributed by atoms with E-state index in [0.29, 0.717) is 12.2 Å². The maximum absolute atomic E-state index is 9.27. The highest BCUT2D eigenvalue weighted by molar-refractivity contribution is 7.16. The van der Waals surface area contributed by atoms with E-state index >= 15 is 0 Å². The lowest BCUT2D eigenvalue weighted by atomic mass is 10.2. The maximum atomic E-state index is 9.27. The predicted molar refractivity (Wildman–Crippen MR) is 103 cm³/mol. The van der Waals surface area contributed by atoms with Gasteiger partial charge in [-0.25, -0.2) is 4.99 Å². The highest BCUT2D eigenvalue weighted by atomic mass is 32.1. The fourth-order valence-corrected chi connectivity index (χ4v) is 3.31. The molecule has 0 aliphatic carbocycles. The Morgan fingerprint density at radius 3 is 2.48 bits per heavy atom. The number of benzene rings is 2. The van der Waals surface area contributed by atoms with Gasteiger partial charge in [-0.05, 0) is 54.8 Å². The smallest absolute Gasteiger partial charge is 0.134 e. The number of rotatable bonds is 5. The van der Waals surface area contributed by atoms with Gasteiger partial charge >= 0.3 is 0 Å². The average Bonchev–Trinajstić information content (AvgIpc) is 2.93. The summed E-state index contributed by atoms with van der Waals surface area (Å²) in [5.41, 5.74) is 3.80.